The minimum Gasteiger partial charge on any atom is -0.475 e. The van der Waals surface area contributed by atoms with Crippen LogP contribution in [-0.4, -0.2) is 158 Å². The number of H-pyrrole nitrogens is 1. The number of aliphatic carboxylic acids is 4. The van der Waals surface area contributed by atoms with E-state index in [4.69, 9.17) is 75.5 Å². The smallest absolute Gasteiger partial charge is 0.475 e. The summed E-state index contributed by atoms with van der Waals surface area (Å²) in [4.78, 5) is 104. The number of aryl methyl sites for hydroxylation is 5. The number of benzene rings is 5. The zero-order valence-corrected chi connectivity index (χ0v) is 82.5. The summed E-state index contributed by atoms with van der Waals surface area (Å²) < 4.78 is 162. The van der Waals surface area contributed by atoms with Gasteiger partial charge in [0.15, 0.2) is 13.4 Å². The van der Waals surface area contributed by atoms with Crippen molar-refractivity contribution in [3.63, 3.8) is 0 Å². The monoisotopic (exact) mass is 2180 g/mol. The van der Waals surface area contributed by atoms with E-state index in [0.29, 0.717) is 19.0 Å². The third kappa shape index (κ3) is 47.2. The molecule has 0 aliphatic carbocycles. The average Bonchev–Trinajstić information content (AvgIpc) is 1.48. The normalized spacial score (nSPS) is 10.5. The summed E-state index contributed by atoms with van der Waals surface area (Å²) in [6, 6.07) is 71.4. The molecule has 0 saturated carbocycles. The maximum atomic E-state index is 11.8. The first kappa shape index (κ1) is 128. The number of nitrogens with zero attached hydrogens (tertiary/aromatic N) is 12. The molecule has 47 heteroatoms. The summed E-state index contributed by atoms with van der Waals surface area (Å²) in [7, 11) is 0. The van der Waals surface area contributed by atoms with E-state index >= 15 is 0 Å². The van der Waals surface area contributed by atoms with E-state index in [-0.39, 0.29) is 100 Å². The number of fused-ring (bicyclic) bond motifs is 2. The zero-order valence-electron chi connectivity index (χ0n) is 77.2. The third-order valence-corrected chi connectivity index (χ3v) is 18.2. The molecule has 6 N–H and O–H groups in total. The van der Waals surface area contributed by atoms with Crippen LogP contribution in [0.1, 0.15) is 122 Å². The summed E-state index contributed by atoms with van der Waals surface area (Å²) in [6.07, 6.45) is -4.06. The number of amides is 1. The van der Waals surface area contributed by atoms with Gasteiger partial charge in [-0.2, -0.15) is 52.7 Å². The molecule has 142 heavy (non-hydrogen) atoms. The number of carbonyl (C=O) groups excluding carboxylic acids is 4. The number of carbonyl (C=O) groups is 8. The molecule has 1 amide bonds. The van der Waals surface area contributed by atoms with Crippen LogP contribution < -0.4 is 39.9 Å². The Balaban J connectivity index is 0.00000162. The van der Waals surface area contributed by atoms with Crippen LogP contribution in [-0.2, 0) is 156 Å². The van der Waals surface area contributed by atoms with Gasteiger partial charge in [-0.15, -0.1) is 0 Å². The van der Waals surface area contributed by atoms with Crippen LogP contribution in [0.25, 0.3) is 66.5 Å². The van der Waals surface area contributed by atoms with Crippen LogP contribution in [0.4, 0.5) is 57.5 Å². The van der Waals surface area contributed by atoms with Gasteiger partial charge in [0.05, 0.1) is 41.3 Å². The number of aromatic amines is 1. The number of aromatic nitrogens is 7. The number of nitrogens with one attached hydrogen (secondary N) is 1. The molecule has 7 heterocycles. The number of aliphatic hydroxyl groups excluding tert-OH is 1. The van der Waals surface area contributed by atoms with E-state index < -0.39 is 66.6 Å². The first-order chi connectivity index (χ1) is 65.9. The molecule has 2 radical (unpaired) electrons. The van der Waals surface area contributed by atoms with Gasteiger partial charge in [0.1, 0.15) is 0 Å². The number of azide groups is 1. The van der Waals surface area contributed by atoms with Crippen molar-refractivity contribution in [3.05, 3.63) is 353 Å². The zero-order chi connectivity index (χ0) is 104. The van der Waals surface area contributed by atoms with E-state index in [1.807, 2.05) is 127 Å². The molecule has 0 saturated heterocycles. The number of ether oxygens (including phenoxy) is 5. The number of hydrogen-bond acceptors (Lipinski definition) is 16. The molecule has 760 valence electrons. The van der Waals surface area contributed by atoms with Gasteiger partial charge < -0.3 is 88.1 Å². The van der Waals surface area contributed by atoms with Gasteiger partial charge >= 0.3 is 96.2 Å². The quantitative estimate of drug-likeness (QED) is 0.00266. The molecule has 32 nitrogen and oxygen atoms in total. The van der Waals surface area contributed by atoms with E-state index in [9.17, 15) is 76.7 Å². The number of carboxylic acid groups (broad SMARTS) is 4. The Hall–Kier alpha value is -14.1. The van der Waals surface area contributed by atoms with Crippen molar-refractivity contribution in [2.75, 3.05) is 26.6 Å². The number of pyridine rings is 2. The Bertz CT molecular complexity index is 6030. The average molecular weight is 2180 g/mol. The molecule has 12 aromatic rings. The largest absolute Gasteiger partial charge is 1.00 e. The van der Waals surface area contributed by atoms with Crippen molar-refractivity contribution in [3.8, 4) is 5.88 Å². The third-order valence-electron chi connectivity index (χ3n) is 18.2. The van der Waals surface area contributed by atoms with Gasteiger partial charge in [-0.3, -0.25) is 14.5 Å². The minimum atomic E-state index is -5.08. The molecule has 0 unspecified atom stereocenters. The predicted molar refractivity (Wildman–Crippen MR) is 490 cm³/mol. The Morgan fingerprint density at radius 3 is 1.07 bits per heavy atom. The number of rotatable bonds is 27. The van der Waals surface area contributed by atoms with Crippen molar-refractivity contribution in [2.45, 2.75) is 138 Å². The van der Waals surface area contributed by atoms with Crippen LogP contribution in [0.5, 0.6) is 5.88 Å². The SMILES string of the molecule is CCOC(=O)COc1nccc2c1cc(CC)n2Cc1ccccc1.CCOC(=O)OC(=O)/C=C/c1ccc(CC)n1Cc1ccccc1.CCc1cc2c(=O)[nH]ccc2n1Cc1ccccc1.CCc1ccc(/C=C/C(=O)N=[N+]=[N-])n1Cc1ccccc1.CCc1ccc(/C=C/OCO)n1Cc1ccccc1.O=C(O)C(F)(F)F.O=C(O)C(F)(F)F.O=C(O)C(F)(F)F.O=C(O)C(F)(F)F.[N-]=[N+]=[N-].[Na+].[Rh].[Rh]. The molecule has 5 aromatic carbocycles. The first-order valence-corrected chi connectivity index (χ1v) is 41.6. The summed E-state index contributed by atoms with van der Waals surface area (Å²) in [5.74, 6) is -12.3. The Morgan fingerprint density at radius 2 is 0.754 bits per heavy atom. The fraction of sp³-hybridized carbons (Fsp3) is 0.263. The summed E-state index contributed by atoms with van der Waals surface area (Å²) in [5.41, 5.74) is 38.8. The number of carboxylic acids is 4. The molecule has 12 rings (SSSR count). The molecular formula is C95H98F12N13NaO19Rh2. The van der Waals surface area contributed by atoms with Crippen molar-refractivity contribution in [1.82, 2.24) is 32.8 Å². The number of aliphatic hydroxyl groups is 1. The van der Waals surface area contributed by atoms with Gasteiger partial charge in [-0.25, -0.2) is 38.5 Å². The van der Waals surface area contributed by atoms with E-state index in [0.717, 1.165) is 103 Å². The van der Waals surface area contributed by atoms with Crippen LogP contribution >= 0.6 is 0 Å². The second kappa shape index (κ2) is 67.3. The molecule has 0 atom stereocenters. The molecule has 7 aromatic heterocycles. The standard InChI is InChI=1S/C20H22N2O3.C19H21NO4.C16H16N4O.C16H16N2O.C16H19NO2.4C2HF3O2.N3.Na.2Rh/c1-3-16-12-17-18(22(16)13-15-8-6-5-7-9-15)10-11-21-20(17)25-14-19(23)24-4-2;1-3-16-10-11-17(12-13-18(21)24-19(22)23-4-2)20(16)14-15-8-6-5-7-9-15;1-2-14-8-9-15(10-11-16(21)18-19-17)20(14)12-13-6-4-3-5-7-13;1-2-13-10-14-15(8-9-17-16(14)19)18(13)11-12-6-4-3-5-7-12;1-2-15-8-9-16(10-11-19-13-18)17(15)12-14-6-4-3-5-7-14;4*3-2(4,5)1(6)7;1-3-2;;;/h5-12H,3-4,13-14H2,1-2H3;5-13H,3-4,14H2,1-2H3;3-11H,2,12H2,1H3;3-10H,2,11H2,1H3,(H,17,19);3-11,18H,2,12-13H2,1H3;4*(H,6,7);;;;/q;;;;;;;;;-1;+1;;/b;13-12+;11-10+;;11-10+;;;;;;;;. The summed E-state index contributed by atoms with van der Waals surface area (Å²) >= 11 is 0. The predicted octanol–water partition coefficient (Wildman–Crippen LogP) is 17.7. The number of halogens is 12. The Morgan fingerprint density at radius 1 is 0.437 bits per heavy atom. The molecule has 0 fully saturated rings. The van der Waals surface area contributed by atoms with E-state index in [1.54, 1.807) is 38.4 Å². The molecule has 0 aliphatic rings. The van der Waals surface area contributed by atoms with E-state index in [2.05, 4.69) is 178 Å². The van der Waals surface area contributed by atoms with Crippen molar-refractivity contribution >= 4 is 87.9 Å². The fourth-order valence-corrected chi connectivity index (χ4v) is 12.0. The molecule has 0 aliphatic heterocycles. The minimum absolute atomic E-state index is 0. The van der Waals surface area contributed by atoms with Crippen LogP contribution in [0, 0.1) is 0 Å². The molecule has 0 spiro atoms. The second-order valence-electron chi connectivity index (χ2n) is 27.6. The van der Waals surface area contributed by atoms with Gasteiger partial charge in [0.25, 0.3) is 5.56 Å². The topological polar surface area (TPSA) is 462 Å². The van der Waals surface area contributed by atoms with Gasteiger partial charge in [-0.05, 0) is 169 Å². The summed E-state index contributed by atoms with van der Waals surface area (Å²) in [5, 5.41) is 41.8. The van der Waals surface area contributed by atoms with Crippen LogP contribution in [0.3, 0.4) is 0 Å². The maximum absolute atomic E-state index is 11.8. The Kier molecular flexibility index (Phi) is 60.6. The van der Waals surface area contributed by atoms with Gasteiger partial charge in [0, 0.05) is 141 Å². The molecular weight excluding hydrogens is 2080 g/mol. The number of hydrogen-bond donors (Lipinski definition) is 6. The van der Waals surface area contributed by atoms with Gasteiger partial charge in [-0.1, -0.05) is 186 Å². The fourth-order valence-electron chi connectivity index (χ4n) is 12.0. The van der Waals surface area contributed by atoms with Crippen molar-refractivity contribution < 1.29 is 209 Å². The maximum Gasteiger partial charge on any atom is 1.00 e. The number of esters is 2. The Labute approximate surface area is 852 Å². The van der Waals surface area contributed by atoms with Crippen molar-refractivity contribution in [1.29, 1.82) is 0 Å². The van der Waals surface area contributed by atoms with Crippen LogP contribution in [0.2, 0.25) is 0 Å². The summed E-state index contributed by atoms with van der Waals surface area (Å²) in [6.45, 7) is 17.9. The van der Waals surface area contributed by atoms with Crippen LogP contribution in [0.15, 0.2) is 253 Å². The number of alkyl halides is 12. The van der Waals surface area contributed by atoms with Crippen molar-refractivity contribution in [2.24, 2.45) is 5.11 Å². The van der Waals surface area contributed by atoms with E-state index in [1.165, 1.54) is 73.9 Å². The first-order valence-electron chi connectivity index (χ1n) is 41.6. The van der Waals surface area contributed by atoms with Gasteiger partial charge in [0.2, 0.25) is 11.8 Å². The molecule has 0 bridgehead atoms. The second-order valence-corrected chi connectivity index (χ2v) is 27.6.